The lowest BCUT2D eigenvalue weighted by molar-refractivity contribution is 0.932. The number of aromatic nitrogens is 1. The van der Waals surface area contributed by atoms with Crippen molar-refractivity contribution in [1.82, 2.24) is 4.98 Å². The highest BCUT2D eigenvalue weighted by atomic mass is 32.1. The molecule has 0 aliphatic rings. The van der Waals surface area contributed by atoms with Crippen LogP contribution in [0.1, 0.15) is 18.9 Å². The van der Waals surface area contributed by atoms with E-state index < -0.39 is 0 Å². The van der Waals surface area contributed by atoms with E-state index in [0.29, 0.717) is 0 Å². The minimum absolute atomic E-state index is 0.930. The molecule has 0 unspecified atom stereocenters. The van der Waals surface area contributed by atoms with Gasteiger partial charge >= 0.3 is 0 Å². The maximum Gasteiger partial charge on any atom is 0.0946 e. The molecule has 2 aromatic rings. The summed E-state index contributed by atoms with van der Waals surface area (Å²) in [7, 11) is 0. The van der Waals surface area contributed by atoms with Crippen LogP contribution in [0, 0.1) is 6.92 Å². The zero-order valence-corrected chi connectivity index (χ0v) is 10.5. The molecule has 3 heteroatoms. The van der Waals surface area contributed by atoms with Crippen molar-refractivity contribution < 1.29 is 0 Å². The Labute approximate surface area is 102 Å². The van der Waals surface area contributed by atoms with Crippen LogP contribution in [0.15, 0.2) is 30.5 Å². The lowest BCUT2D eigenvalue weighted by Crippen LogP contribution is -2.13. The average molecular weight is 232 g/mol. The van der Waals surface area contributed by atoms with E-state index in [1.807, 2.05) is 16.6 Å². The van der Waals surface area contributed by atoms with Gasteiger partial charge in [-0.05, 0) is 25.0 Å². The van der Waals surface area contributed by atoms with Gasteiger partial charge in [-0.15, -0.1) is 0 Å². The summed E-state index contributed by atoms with van der Waals surface area (Å²) in [6.07, 6.45) is 2.91. The second-order valence-electron chi connectivity index (χ2n) is 3.93. The maximum atomic E-state index is 4.54. The fourth-order valence-corrected chi connectivity index (χ4v) is 2.33. The van der Waals surface area contributed by atoms with Crippen molar-refractivity contribution in [3.8, 4) is 0 Å². The molecule has 0 atom stereocenters. The molecule has 0 radical (unpaired) electrons. The number of anilines is 1. The van der Waals surface area contributed by atoms with Crippen molar-refractivity contribution in [2.45, 2.75) is 20.3 Å². The molecule has 0 saturated carbocycles. The summed E-state index contributed by atoms with van der Waals surface area (Å²) in [5.74, 6) is 0. The molecule has 0 saturated heterocycles. The van der Waals surface area contributed by atoms with E-state index in [9.17, 15) is 0 Å². The van der Waals surface area contributed by atoms with Crippen LogP contribution in [0.4, 0.5) is 5.69 Å². The Morgan fingerprint density at radius 1 is 1.31 bits per heavy atom. The van der Waals surface area contributed by atoms with Gasteiger partial charge in [0, 0.05) is 18.1 Å². The predicted molar refractivity (Wildman–Crippen MR) is 73.1 cm³/mol. The molecule has 2 nitrogen and oxygen atoms in total. The van der Waals surface area contributed by atoms with Gasteiger partial charge < -0.3 is 4.31 Å². The standard InChI is InChI=1S/C13H16N2S/c1-3-9-15(16)13-10(2)6-7-11-5-4-8-14-12(11)13/h4-8,16H,3,9H2,1-2H3. The van der Waals surface area contributed by atoms with Crippen molar-refractivity contribution in [2.75, 3.05) is 10.8 Å². The quantitative estimate of drug-likeness (QED) is 0.814. The first-order valence-corrected chi connectivity index (χ1v) is 5.94. The summed E-state index contributed by atoms with van der Waals surface area (Å²) >= 11 is 4.54. The first-order valence-electron chi connectivity index (χ1n) is 5.54. The molecule has 0 aliphatic heterocycles. The molecule has 1 aromatic heterocycles. The summed E-state index contributed by atoms with van der Waals surface area (Å²) in [6, 6.07) is 8.27. The van der Waals surface area contributed by atoms with Crippen LogP contribution in [0.5, 0.6) is 0 Å². The first-order chi connectivity index (χ1) is 7.74. The van der Waals surface area contributed by atoms with Crippen LogP contribution in [-0.4, -0.2) is 11.5 Å². The van der Waals surface area contributed by atoms with Gasteiger partial charge in [-0.25, -0.2) is 0 Å². The fourth-order valence-electron chi connectivity index (χ4n) is 1.88. The van der Waals surface area contributed by atoms with Crippen LogP contribution in [-0.2, 0) is 0 Å². The number of aryl methyl sites for hydroxylation is 1. The molecular formula is C13H16N2S. The molecule has 0 amide bonds. The van der Waals surface area contributed by atoms with Gasteiger partial charge in [0.15, 0.2) is 0 Å². The normalized spacial score (nSPS) is 10.7. The third-order valence-electron chi connectivity index (χ3n) is 2.64. The lowest BCUT2D eigenvalue weighted by atomic mass is 10.1. The Hall–Kier alpha value is -1.22. The monoisotopic (exact) mass is 232 g/mol. The predicted octanol–water partition coefficient (Wildman–Crippen LogP) is 3.60. The average Bonchev–Trinajstić information content (AvgIpc) is 2.29. The van der Waals surface area contributed by atoms with Crippen molar-refractivity contribution in [1.29, 1.82) is 0 Å². The van der Waals surface area contributed by atoms with E-state index in [0.717, 1.165) is 24.2 Å². The Morgan fingerprint density at radius 3 is 2.88 bits per heavy atom. The molecular weight excluding hydrogens is 216 g/mol. The summed E-state index contributed by atoms with van der Waals surface area (Å²) in [6.45, 7) is 5.18. The van der Waals surface area contributed by atoms with Crippen LogP contribution in [0.2, 0.25) is 0 Å². The number of hydrogen-bond donors (Lipinski definition) is 1. The van der Waals surface area contributed by atoms with E-state index in [4.69, 9.17) is 0 Å². The number of thiol groups is 1. The summed E-state index contributed by atoms with van der Waals surface area (Å²) in [5, 5.41) is 1.17. The lowest BCUT2D eigenvalue weighted by Gasteiger charge is -2.20. The Kier molecular flexibility index (Phi) is 3.34. The van der Waals surface area contributed by atoms with Crippen LogP contribution < -0.4 is 4.31 Å². The van der Waals surface area contributed by atoms with Gasteiger partial charge in [-0.3, -0.25) is 4.98 Å². The van der Waals surface area contributed by atoms with Gasteiger partial charge in [0.2, 0.25) is 0 Å². The van der Waals surface area contributed by atoms with Crippen LogP contribution in [0.25, 0.3) is 10.9 Å². The van der Waals surface area contributed by atoms with Crippen molar-refractivity contribution in [3.05, 3.63) is 36.0 Å². The van der Waals surface area contributed by atoms with Crippen LogP contribution >= 0.6 is 12.8 Å². The molecule has 0 bridgehead atoms. The van der Waals surface area contributed by atoms with Gasteiger partial charge in [-0.2, -0.15) is 0 Å². The van der Waals surface area contributed by atoms with E-state index in [1.54, 1.807) is 0 Å². The van der Waals surface area contributed by atoms with E-state index in [2.05, 4.69) is 49.8 Å². The minimum Gasteiger partial charge on any atom is -0.316 e. The molecule has 16 heavy (non-hydrogen) atoms. The molecule has 0 aliphatic carbocycles. The summed E-state index contributed by atoms with van der Waals surface area (Å²) in [4.78, 5) is 4.45. The van der Waals surface area contributed by atoms with Gasteiger partial charge in [0.1, 0.15) is 0 Å². The summed E-state index contributed by atoms with van der Waals surface area (Å²) < 4.78 is 1.99. The van der Waals surface area contributed by atoms with Crippen LogP contribution in [0.3, 0.4) is 0 Å². The summed E-state index contributed by atoms with van der Waals surface area (Å²) in [5.41, 5.74) is 3.38. The third kappa shape index (κ3) is 2.00. The second-order valence-corrected chi connectivity index (χ2v) is 4.41. The molecule has 0 fully saturated rings. The molecule has 2 rings (SSSR count). The van der Waals surface area contributed by atoms with Crippen molar-refractivity contribution in [3.63, 3.8) is 0 Å². The highest BCUT2D eigenvalue weighted by Crippen LogP contribution is 2.29. The SMILES string of the molecule is CCCN(S)c1c(C)ccc2cccnc12. The molecule has 1 aromatic carbocycles. The Balaban J connectivity index is 2.61. The van der Waals surface area contributed by atoms with Crippen molar-refractivity contribution in [2.24, 2.45) is 0 Å². The topological polar surface area (TPSA) is 16.1 Å². The fraction of sp³-hybridized carbons (Fsp3) is 0.308. The third-order valence-corrected chi connectivity index (χ3v) is 3.04. The van der Waals surface area contributed by atoms with E-state index in [-0.39, 0.29) is 0 Å². The second kappa shape index (κ2) is 4.74. The zero-order valence-electron chi connectivity index (χ0n) is 9.64. The number of pyridine rings is 1. The number of nitrogens with zero attached hydrogens (tertiary/aromatic N) is 2. The smallest absolute Gasteiger partial charge is 0.0946 e. The largest absolute Gasteiger partial charge is 0.316 e. The number of fused-ring (bicyclic) bond motifs is 1. The number of hydrogen-bond acceptors (Lipinski definition) is 3. The number of benzene rings is 1. The molecule has 1 heterocycles. The van der Waals surface area contributed by atoms with Crippen molar-refractivity contribution >= 4 is 29.4 Å². The Bertz CT molecular complexity index is 496. The molecule has 0 N–H and O–H groups in total. The van der Waals surface area contributed by atoms with Gasteiger partial charge in [-0.1, -0.05) is 37.9 Å². The Morgan fingerprint density at radius 2 is 2.12 bits per heavy atom. The highest BCUT2D eigenvalue weighted by Gasteiger charge is 2.10. The van der Waals surface area contributed by atoms with E-state index in [1.165, 1.54) is 10.9 Å². The molecule has 0 spiro atoms. The highest BCUT2D eigenvalue weighted by molar-refractivity contribution is 7.81. The number of rotatable bonds is 3. The zero-order chi connectivity index (χ0) is 11.5. The van der Waals surface area contributed by atoms with Gasteiger partial charge in [0.05, 0.1) is 11.2 Å². The maximum absolute atomic E-state index is 4.54. The first kappa shape index (κ1) is 11.3. The van der Waals surface area contributed by atoms with E-state index >= 15 is 0 Å². The van der Waals surface area contributed by atoms with Gasteiger partial charge in [0.25, 0.3) is 0 Å². The minimum atomic E-state index is 0.930. The molecule has 84 valence electrons.